The van der Waals surface area contributed by atoms with Gasteiger partial charge in [-0.25, -0.2) is 8.70 Å². The maximum absolute atomic E-state index is 13.3. The standard InChI is InChI=1S/C9H4Br2FNO2S/c10-9(11,12)16-13-7(14)5-3-1-2-4-6(5)8(13)15/h1-4H. The van der Waals surface area contributed by atoms with E-state index in [1.165, 1.54) is 0 Å². The molecule has 2 amide bonds. The van der Waals surface area contributed by atoms with Crippen LogP contribution in [0.2, 0.25) is 0 Å². The minimum atomic E-state index is -2.03. The third-order valence-corrected chi connectivity index (χ3v) is 3.54. The zero-order valence-corrected chi connectivity index (χ0v) is 11.6. The number of carbonyl (C=O) groups is 2. The highest BCUT2D eigenvalue weighted by Crippen LogP contribution is 2.44. The van der Waals surface area contributed by atoms with E-state index in [9.17, 15) is 14.0 Å². The van der Waals surface area contributed by atoms with Crippen molar-refractivity contribution < 1.29 is 14.0 Å². The number of rotatable bonds is 2. The molecule has 3 nitrogen and oxygen atoms in total. The summed E-state index contributed by atoms with van der Waals surface area (Å²) >= 11 is 5.75. The first-order valence-corrected chi connectivity index (χ1v) is 6.50. The number of benzene rings is 1. The molecule has 1 aliphatic heterocycles. The molecule has 1 aromatic rings. The third-order valence-electron chi connectivity index (χ3n) is 1.95. The van der Waals surface area contributed by atoms with Gasteiger partial charge in [-0.15, -0.1) is 0 Å². The number of hydrogen-bond acceptors (Lipinski definition) is 3. The molecule has 1 aliphatic rings. The first-order chi connectivity index (χ1) is 7.40. The van der Waals surface area contributed by atoms with Gasteiger partial charge >= 0.3 is 0 Å². The normalized spacial score (nSPS) is 15.6. The molecule has 7 heteroatoms. The van der Waals surface area contributed by atoms with Gasteiger partial charge in [-0.2, -0.15) is 0 Å². The first kappa shape index (κ1) is 12.1. The van der Waals surface area contributed by atoms with Crippen LogP contribution in [0, 0.1) is 0 Å². The van der Waals surface area contributed by atoms with Crippen LogP contribution in [-0.2, 0) is 0 Å². The molecule has 0 saturated carbocycles. The Bertz CT molecular complexity index is 440. The smallest absolute Gasteiger partial charge is 0.268 e. The van der Waals surface area contributed by atoms with Crippen LogP contribution in [0.1, 0.15) is 20.7 Å². The third kappa shape index (κ3) is 2.16. The molecule has 0 N–H and O–H groups in total. The van der Waals surface area contributed by atoms with Gasteiger partial charge in [0.05, 0.1) is 11.1 Å². The number of imide groups is 1. The van der Waals surface area contributed by atoms with Gasteiger partial charge in [0.15, 0.2) is 0 Å². The molecule has 1 heterocycles. The lowest BCUT2D eigenvalue weighted by Crippen LogP contribution is -2.25. The number of nitrogens with zero attached hydrogens (tertiary/aromatic N) is 1. The molecule has 0 aromatic heterocycles. The molecule has 0 fully saturated rings. The molecule has 0 bridgehead atoms. The van der Waals surface area contributed by atoms with Crippen LogP contribution in [0.3, 0.4) is 0 Å². The van der Waals surface area contributed by atoms with E-state index in [1.54, 1.807) is 24.3 Å². The fourth-order valence-corrected chi connectivity index (χ4v) is 2.79. The van der Waals surface area contributed by atoms with E-state index < -0.39 is 14.6 Å². The molecule has 2 rings (SSSR count). The molecular formula is C9H4Br2FNO2S. The lowest BCUT2D eigenvalue weighted by Gasteiger charge is -2.16. The second kappa shape index (κ2) is 4.12. The molecule has 0 unspecified atom stereocenters. The van der Waals surface area contributed by atoms with Crippen LogP contribution in [0.4, 0.5) is 4.39 Å². The van der Waals surface area contributed by atoms with Gasteiger partial charge in [0.2, 0.25) is 0 Å². The molecule has 84 valence electrons. The molecular weight excluding hydrogens is 365 g/mol. The molecule has 0 radical (unpaired) electrons. The first-order valence-electron chi connectivity index (χ1n) is 4.14. The van der Waals surface area contributed by atoms with E-state index in [0.717, 1.165) is 4.31 Å². The van der Waals surface area contributed by atoms with E-state index in [0.29, 0.717) is 23.1 Å². The monoisotopic (exact) mass is 367 g/mol. The van der Waals surface area contributed by atoms with Crippen LogP contribution in [0.15, 0.2) is 24.3 Å². The summed E-state index contributed by atoms with van der Waals surface area (Å²) in [4.78, 5) is 23.5. The fourth-order valence-electron chi connectivity index (χ4n) is 1.35. The van der Waals surface area contributed by atoms with Crippen LogP contribution in [0.25, 0.3) is 0 Å². The van der Waals surface area contributed by atoms with Crippen molar-refractivity contribution in [3.8, 4) is 0 Å². The topological polar surface area (TPSA) is 37.4 Å². The Morgan fingerprint density at radius 3 is 1.94 bits per heavy atom. The SMILES string of the molecule is O=C1c2ccccc2C(=O)N1SC(F)(Br)Br. The fraction of sp³-hybridized carbons (Fsp3) is 0.111. The number of alkyl halides is 3. The summed E-state index contributed by atoms with van der Waals surface area (Å²) in [7, 11) is 0. The van der Waals surface area contributed by atoms with Crippen molar-refractivity contribution in [2.24, 2.45) is 0 Å². The Balaban J connectivity index is 2.36. The minimum Gasteiger partial charge on any atom is -0.268 e. The molecule has 0 aliphatic carbocycles. The van der Waals surface area contributed by atoms with E-state index >= 15 is 0 Å². The Labute approximate surface area is 112 Å². The van der Waals surface area contributed by atoms with Crippen molar-refractivity contribution in [3.63, 3.8) is 0 Å². The highest BCUT2D eigenvalue weighted by atomic mass is 79.9. The van der Waals surface area contributed by atoms with E-state index in [4.69, 9.17) is 0 Å². The van der Waals surface area contributed by atoms with Crippen molar-refractivity contribution >= 4 is 55.6 Å². The summed E-state index contributed by atoms with van der Waals surface area (Å²) in [5.41, 5.74) is 0.591. The second-order valence-corrected chi connectivity index (χ2v) is 8.40. The molecule has 16 heavy (non-hydrogen) atoms. The maximum Gasteiger partial charge on any atom is 0.283 e. The summed E-state index contributed by atoms with van der Waals surface area (Å²) in [6.45, 7) is 0. The van der Waals surface area contributed by atoms with Gasteiger partial charge in [-0.05, 0) is 44.0 Å². The van der Waals surface area contributed by atoms with Crippen molar-refractivity contribution in [1.82, 2.24) is 4.31 Å². The average Bonchev–Trinajstić information content (AvgIpc) is 2.43. The van der Waals surface area contributed by atoms with E-state index in [1.807, 2.05) is 0 Å². The van der Waals surface area contributed by atoms with E-state index in [-0.39, 0.29) is 0 Å². The number of hydrogen-bond donors (Lipinski definition) is 0. The van der Waals surface area contributed by atoms with Crippen LogP contribution in [0.5, 0.6) is 0 Å². The molecule has 0 atom stereocenters. The van der Waals surface area contributed by atoms with Crippen LogP contribution >= 0.6 is 43.8 Å². The quantitative estimate of drug-likeness (QED) is 0.456. The van der Waals surface area contributed by atoms with Crippen molar-refractivity contribution in [2.45, 2.75) is 2.82 Å². The minimum absolute atomic E-state index is 0.296. The van der Waals surface area contributed by atoms with Crippen molar-refractivity contribution in [3.05, 3.63) is 35.4 Å². The van der Waals surface area contributed by atoms with Crippen molar-refractivity contribution in [1.29, 1.82) is 0 Å². The lowest BCUT2D eigenvalue weighted by molar-refractivity contribution is 0.0775. The zero-order valence-electron chi connectivity index (χ0n) is 7.62. The Morgan fingerprint density at radius 1 is 1.12 bits per heavy atom. The summed E-state index contributed by atoms with van der Waals surface area (Å²) in [5.74, 6) is -1.02. The van der Waals surface area contributed by atoms with Gasteiger partial charge in [0, 0.05) is 11.9 Å². The molecule has 1 aromatic carbocycles. The highest BCUT2D eigenvalue weighted by Gasteiger charge is 2.41. The number of carbonyl (C=O) groups excluding carboxylic acids is 2. The largest absolute Gasteiger partial charge is 0.283 e. The highest BCUT2D eigenvalue weighted by molar-refractivity contribution is 9.28. The van der Waals surface area contributed by atoms with Gasteiger partial charge in [0.25, 0.3) is 14.6 Å². The number of fused-ring (bicyclic) bond motifs is 1. The molecule has 0 spiro atoms. The predicted molar refractivity (Wildman–Crippen MR) is 66.2 cm³/mol. The summed E-state index contributed by atoms with van der Waals surface area (Å²) in [5, 5.41) is 0. The number of amides is 2. The van der Waals surface area contributed by atoms with Gasteiger partial charge < -0.3 is 0 Å². The van der Waals surface area contributed by atoms with E-state index in [2.05, 4.69) is 31.9 Å². The average molecular weight is 369 g/mol. The number of halogens is 3. The van der Waals surface area contributed by atoms with Crippen molar-refractivity contribution in [2.75, 3.05) is 0 Å². The second-order valence-electron chi connectivity index (χ2n) is 2.99. The Morgan fingerprint density at radius 2 is 1.56 bits per heavy atom. The van der Waals surface area contributed by atoms with Gasteiger partial charge in [-0.1, -0.05) is 12.1 Å². The zero-order chi connectivity index (χ0) is 11.9. The van der Waals surface area contributed by atoms with Gasteiger partial charge in [-0.3, -0.25) is 9.59 Å². The predicted octanol–water partition coefficient (Wildman–Crippen LogP) is 3.30. The van der Waals surface area contributed by atoms with Gasteiger partial charge in [0.1, 0.15) is 0 Å². The summed E-state index contributed by atoms with van der Waals surface area (Å²) in [6, 6.07) is 6.39. The lowest BCUT2D eigenvalue weighted by atomic mass is 10.1. The van der Waals surface area contributed by atoms with Crippen LogP contribution in [-0.4, -0.2) is 18.9 Å². The Hall–Kier alpha value is -0.400. The maximum atomic E-state index is 13.3. The summed E-state index contributed by atoms with van der Waals surface area (Å²) in [6.07, 6.45) is 0. The molecule has 0 saturated heterocycles. The Kier molecular flexibility index (Phi) is 3.11. The van der Waals surface area contributed by atoms with Crippen LogP contribution < -0.4 is 0 Å². The summed E-state index contributed by atoms with van der Waals surface area (Å²) < 4.78 is 12.0.